The molecule has 202 valence electrons. The lowest BCUT2D eigenvalue weighted by Crippen LogP contribution is -2.46. The smallest absolute Gasteiger partial charge is 0.149 e. The monoisotopic (exact) mass is 527 g/mol. The van der Waals surface area contributed by atoms with Gasteiger partial charge in [-0.1, -0.05) is 6.92 Å². The molecule has 2 saturated heterocycles. The average molecular weight is 528 g/mol. The Kier molecular flexibility index (Phi) is 7.95. The number of benzene rings is 1. The van der Waals surface area contributed by atoms with Crippen LogP contribution in [0.25, 0.3) is 11.3 Å². The predicted octanol–water partition coefficient (Wildman–Crippen LogP) is 5.06. The Hall–Kier alpha value is -3.04. The Bertz CT molecular complexity index is 1250. The molecule has 2 aromatic heterocycles. The van der Waals surface area contributed by atoms with E-state index in [-0.39, 0.29) is 24.8 Å². The van der Waals surface area contributed by atoms with Crippen molar-refractivity contribution in [1.29, 1.82) is 0 Å². The van der Waals surface area contributed by atoms with Gasteiger partial charge in [-0.3, -0.25) is 9.88 Å². The fourth-order valence-electron chi connectivity index (χ4n) is 5.71. The van der Waals surface area contributed by atoms with Gasteiger partial charge in [0.05, 0.1) is 5.56 Å². The number of hydrogen-bond donors (Lipinski definition) is 1. The molecule has 1 aromatic carbocycles. The Morgan fingerprint density at radius 1 is 1.00 bits per heavy atom. The molecule has 9 heteroatoms. The Labute approximate surface area is 220 Å². The van der Waals surface area contributed by atoms with Crippen LogP contribution in [0.1, 0.15) is 36.6 Å². The van der Waals surface area contributed by atoms with Crippen LogP contribution in [0.4, 0.5) is 23.2 Å². The van der Waals surface area contributed by atoms with Crippen LogP contribution in [-0.2, 0) is 19.4 Å². The second-order valence-corrected chi connectivity index (χ2v) is 10.7. The van der Waals surface area contributed by atoms with Gasteiger partial charge in [0.25, 0.3) is 0 Å². The molecule has 2 aliphatic heterocycles. The number of piperidine rings is 1. The zero-order chi connectivity index (χ0) is 26.8. The zero-order valence-corrected chi connectivity index (χ0v) is 21.5. The van der Waals surface area contributed by atoms with E-state index in [9.17, 15) is 8.78 Å². The largest absolute Gasteiger partial charge is 0.369 e. The summed E-state index contributed by atoms with van der Waals surface area (Å²) in [6.07, 6.45) is 5.08. The summed E-state index contributed by atoms with van der Waals surface area (Å²) in [5.74, 6) is -2.08. The van der Waals surface area contributed by atoms with Crippen LogP contribution in [-0.4, -0.2) is 53.3 Å². The number of aryl methyl sites for hydroxylation is 2. The standard InChI is InChI=1S/C29H33F4N5/c1-18-10-22(34)17-38(14-18)27-6-8-35-13-20(27)2-3-23-4-5-24(31)29(36-23)28-25(32)11-19(12-26(28)33)15-37-9-7-21(30)16-37/h4-6,8,11-13,18,21-22H,2-3,7,9-10,14-17,34H2,1H3/t18-,21-,22+/m1/s1. The van der Waals surface area contributed by atoms with Crippen LogP contribution in [0.2, 0.25) is 0 Å². The molecule has 3 atom stereocenters. The highest BCUT2D eigenvalue weighted by Gasteiger charge is 2.25. The fourth-order valence-corrected chi connectivity index (χ4v) is 5.71. The molecule has 0 amide bonds. The van der Waals surface area contributed by atoms with Crippen molar-refractivity contribution in [3.63, 3.8) is 0 Å². The molecule has 2 N–H and O–H groups in total. The summed E-state index contributed by atoms with van der Waals surface area (Å²) in [5.41, 5.74) is 8.39. The van der Waals surface area contributed by atoms with Gasteiger partial charge >= 0.3 is 0 Å². The van der Waals surface area contributed by atoms with E-state index in [4.69, 9.17) is 5.73 Å². The lowest BCUT2D eigenvalue weighted by atomic mass is 9.95. The van der Waals surface area contributed by atoms with Crippen molar-refractivity contribution < 1.29 is 17.6 Å². The van der Waals surface area contributed by atoms with Crippen LogP contribution < -0.4 is 10.6 Å². The van der Waals surface area contributed by atoms with Gasteiger partial charge in [-0.25, -0.2) is 22.5 Å². The highest BCUT2D eigenvalue weighted by molar-refractivity contribution is 5.62. The molecule has 5 nitrogen and oxygen atoms in total. The van der Waals surface area contributed by atoms with Crippen LogP contribution in [0, 0.1) is 23.4 Å². The van der Waals surface area contributed by atoms with Crippen molar-refractivity contribution in [2.24, 2.45) is 11.7 Å². The molecular weight excluding hydrogens is 494 g/mol. The molecular formula is C29H33F4N5. The van der Waals surface area contributed by atoms with E-state index in [1.807, 2.05) is 17.2 Å². The zero-order valence-electron chi connectivity index (χ0n) is 21.5. The number of rotatable bonds is 7. The molecule has 3 aromatic rings. The molecule has 0 radical (unpaired) electrons. The number of nitrogens with two attached hydrogens (primary N) is 1. The number of alkyl halides is 1. The number of anilines is 1. The van der Waals surface area contributed by atoms with E-state index in [1.54, 1.807) is 12.3 Å². The van der Waals surface area contributed by atoms with E-state index in [0.29, 0.717) is 43.0 Å². The molecule has 0 saturated carbocycles. The van der Waals surface area contributed by atoms with Gasteiger partial charge in [0.2, 0.25) is 0 Å². The molecule has 5 rings (SSSR count). The normalized spacial score (nSPS) is 22.3. The molecule has 2 aliphatic rings. The Morgan fingerprint density at radius 2 is 1.79 bits per heavy atom. The molecule has 0 spiro atoms. The highest BCUT2D eigenvalue weighted by Crippen LogP contribution is 2.30. The van der Waals surface area contributed by atoms with Gasteiger partial charge in [-0.2, -0.15) is 0 Å². The second-order valence-electron chi connectivity index (χ2n) is 10.7. The third-order valence-corrected chi connectivity index (χ3v) is 7.42. The topological polar surface area (TPSA) is 58.3 Å². The van der Waals surface area contributed by atoms with Crippen LogP contribution in [0.15, 0.2) is 42.7 Å². The SMILES string of the molecule is C[C@@H]1C[C@H](N)CN(c2ccncc2CCc2ccc(F)c(-c3c(F)cc(CN4CC[C@@H](F)C4)cc3F)n2)C1. The minimum atomic E-state index is -0.922. The highest BCUT2D eigenvalue weighted by atomic mass is 19.1. The number of likely N-dealkylation sites (tertiary alicyclic amines) is 1. The van der Waals surface area contributed by atoms with Gasteiger partial charge < -0.3 is 10.6 Å². The van der Waals surface area contributed by atoms with E-state index < -0.39 is 29.2 Å². The quantitative estimate of drug-likeness (QED) is 0.435. The van der Waals surface area contributed by atoms with Gasteiger partial charge in [-0.05, 0) is 73.1 Å². The molecule has 38 heavy (non-hydrogen) atoms. The lowest BCUT2D eigenvalue weighted by Gasteiger charge is -2.37. The summed E-state index contributed by atoms with van der Waals surface area (Å²) in [6.45, 7) is 4.87. The number of halogens is 4. The summed E-state index contributed by atoms with van der Waals surface area (Å²) in [4.78, 5) is 12.7. The van der Waals surface area contributed by atoms with Crippen molar-refractivity contribution in [2.45, 2.75) is 51.4 Å². The van der Waals surface area contributed by atoms with E-state index in [0.717, 1.165) is 30.8 Å². The Morgan fingerprint density at radius 3 is 2.50 bits per heavy atom. The first-order valence-electron chi connectivity index (χ1n) is 13.2. The molecule has 0 unspecified atom stereocenters. The average Bonchev–Trinajstić information content (AvgIpc) is 3.27. The van der Waals surface area contributed by atoms with Crippen molar-refractivity contribution in [2.75, 3.05) is 31.1 Å². The first-order valence-corrected chi connectivity index (χ1v) is 13.2. The maximum atomic E-state index is 15.1. The van der Waals surface area contributed by atoms with Crippen molar-refractivity contribution in [3.05, 3.63) is 77.0 Å². The van der Waals surface area contributed by atoms with Crippen molar-refractivity contribution in [3.8, 4) is 11.3 Å². The van der Waals surface area contributed by atoms with E-state index in [1.165, 1.54) is 18.2 Å². The number of nitrogens with zero attached hydrogens (tertiary/aromatic N) is 4. The van der Waals surface area contributed by atoms with Crippen molar-refractivity contribution >= 4 is 5.69 Å². The maximum absolute atomic E-state index is 15.1. The van der Waals surface area contributed by atoms with Crippen molar-refractivity contribution in [1.82, 2.24) is 14.9 Å². The fraction of sp³-hybridized carbons (Fsp3) is 0.448. The first-order chi connectivity index (χ1) is 18.3. The predicted molar refractivity (Wildman–Crippen MR) is 140 cm³/mol. The van der Waals surface area contributed by atoms with Gasteiger partial charge in [0.1, 0.15) is 29.3 Å². The Balaban J connectivity index is 1.34. The maximum Gasteiger partial charge on any atom is 0.149 e. The lowest BCUT2D eigenvalue weighted by molar-refractivity contribution is 0.282. The van der Waals surface area contributed by atoms with Gasteiger partial charge in [0, 0.05) is 62.5 Å². The van der Waals surface area contributed by atoms with Gasteiger partial charge in [0.15, 0.2) is 0 Å². The van der Waals surface area contributed by atoms with E-state index >= 15 is 8.78 Å². The summed E-state index contributed by atoms with van der Waals surface area (Å²) < 4.78 is 58.4. The minimum Gasteiger partial charge on any atom is -0.369 e. The van der Waals surface area contributed by atoms with Crippen LogP contribution in [0.3, 0.4) is 0 Å². The third kappa shape index (κ3) is 5.99. The number of pyridine rings is 2. The number of aromatic nitrogens is 2. The summed E-state index contributed by atoms with van der Waals surface area (Å²) in [5, 5.41) is 0. The molecule has 2 fully saturated rings. The number of hydrogen-bond acceptors (Lipinski definition) is 5. The second kappa shape index (κ2) is 11.4. The van der Waals surface area contributed by atoms with Crippen LogP contribution >= 0.6 is 0 Å². The molecule has 4 heterocycles. The summed E-state index contributed by atoms with van der Waals surface area (Å²) in [6, 6.07) is 7.19. The first kappa shape index (κ1) is 26.6. The van der Waals surface area contributed by atoms with Crippen LogP contribution in [0.5, 0.6) is 0 Å². The molecule has 0 bridgehead atoms. The third-order valence-electron chi connectivity index (χ3n) is 7.42. The molecule has 0 aliphatic carbocycles. The summed E-state index contributed by atoms with van der Waals surface area (Å²) in [7, 11) is 0. The minimum absolute atomic E-state index is 0.105. The summed E-state index contributed by atoms with van der Waals surface area (Å²) >= 11 is 0. The van der Waals surface area contributed by atoms with E-state index in [2.05, 4.69) is 21.8 Å². The van der Waals surface area contributed by atoms with Gasteiger partial charge in [-0.15, -0.1) is 0 Å².